The number of ketones is 2. The summed E-state index contributed by atoms with van der Waals surface area (Å²) in [6, 6.07) is 18.3. The molecule has 2 heterocycles. The summed E-state index contributed by atoms with van der Waals surface area (Å²) in [7, 11) is 1.49. The van der Waals surface area contributed by atoms with E-state index in [-0.39, 0.29) is 53.8 Å². The van der Waals surface area contributed by atoms with E-state index in [1.807, 2.05) is 18.2 Å². The number of piperidine rings is 1. The zero-order chi connectivity index (χ0) is 46.2. The predicted molar refractivity (Wildman–Crippen MR) is 258 cm³/mol. The number of hydrogen-bond acceptors (Lipinski definition) is 10. The van der Waals surface area contributed by atoms with Crippen molar-refractivity contribution < 1.29 is 34.8 Å². The van der Waals surface area contributed by atoms with Crippen molar-refractivity contribution in [2.45, 2.75) is 152 Å². The standard InChI is InChI=1S/C56H71N3O7/c1-3-35-32-59-54(57)30-46(35)45(38-11-10-36-8-4-5-9-37(36)23-38)29-49(62)48(61)25-40-17-21-56(52(64)15-13-39-26-51(66-2)50(63)28-44(39)40)20-16-34(22-53(56)65)31-55(18-6-7-19-55)42-24-41-12-14-43(60)27-47(41)58-33-42/h4-5,8-11,23,26,28,30,34,40-42,45,47-49,53,58-59,61-63,65H,3,6-7,12-16,18-20,22,24-25,27,29,31-33,57H2,1-2H3/t34-,40+,41+,42-,45+,47+,48+,49-,53+,56+/m0/s1. The van der Waals surface area contributed by atoms with Gasteiger partial charge in [-0.25, -0.2) is 0 Å². The first-order valence-corrected chi connectivity index (χ1v) is 25.0. The van der Waals surface area contributed by atoms with Gasteiger partial charge in [-0.15, -0.1) is 0 Å². The average Bonchev–Trinajstić information content (AvgIpc) is 3.82. The lowest BCUT2D eigenvalue weighted by Gasteiger charge is -2.49. The number of Topliss-reactive ketones (excluding diaryl/α,β-unsaturated/α-hetero) is 2. The Balaban J connectivity index is 0.979. The van der Waals surface area contributed by atoms with E-state index in [4.69, 9.17) is 10.5 Å². The Morgan fingerprint density at radius 3 is 2.53 bits per heavy atom. The molecule has 9 rings (SSSR count). The Kier molecular flexibility index (Phi) is 13.7. The molecule has 10 atom stereocenters. The van der Waals surface area contributed by atoms with Gasteiger partial charge in [0.25, 0.3) is 0 Å². The van der Waals surface area contributed by atoms with Crippen molar-refractivity contribution in [3.63, 3.8) is 0 Å². The van der Waals surface area contributed by atoms with Gasteiger partial charge in [-0.3, -0.25) is 9.59 Å². The molecular weight excluding hydrogens is 827 g/mol. The molecule has 8 N–H and O–H groups in total. The Hall–Kier alpha value is -4.66. The third-order valence-electron chi connectivity index (χ3n) is 17.3. The quantitative estimate of drug-likeness (QED) is 0.0884. The first-order chi connectivity index (χ1) is 31.9. The van der Waals surface area contributed by atoms with Crippen LogP contribution in [-0.4, -0.2) is 76.5 Å². The summed E-state index contributed by atoms with van der Waals surface area (Å²) in [4.78, 5) is 26.8. The Labute approximate surface area is 390 Å². The molecule has 3 aromatic carbocycles. The average molecular weight is 898 g/mol. The minimum absolute atomic E-state index is 0.0491. The number of aromatic hydroxyl groups is 1. The number of nitrogens with one attached hydrogen (secondary N) is 2. The van der Waals surface area contributed by atoms with Gasteiger partial charge in [0.05, 0.1) is 31.2 Å². The molecule has 66 heavy (non-hydrogen) atoms. The van der Waals surface area contributed by atoms with E-state index in [1.54, 1.807) is 12.1 Å². The molecule has 1 spiro atoms. The normalized spacial score (nSPS) is 30.1. The number of aliphatic hydroxyl groups is 3. The van der Waals surface area contributed by atoms with Gasteiger partial charge in [-0.2, -0.15) is 0 Å². The van der Waals surface area contributed by atoms with Crippen LogP contribution >= 0.6 is 0 Å². The molecule has 2 aliphatic heterocycles. The fraction of sp³-hybridized carbons (Fsp3) is 0.571. The number of aliphatic hydroxyl groups excluding tert-OH is 3. The first-order valence-electron chi connectivity index (χ1n) is 25.0. The molecule has 3 saturated carbocycles. The molecule has 10 heteroatoms. The zero-order valence-corrected chi connectivity index (χ0v) is 39.0. The summed E-state index contributed by atoms with van der Waals surface area (Å²) < 4.78 is 5.53. The number of aryl methyl sites for hydroxylation is 1. The number of hydrogen-bond donors (Lipinski definition) is 7. The number of carbonyl (C=O) groups is 2. The number of benzene rings is 3. The molecule has 1 saturated heterocycles. The molecule has 352 valence electrons. The molecule has 10 nitrogen and oxygen atoms in total. The number of carbonyl (C=O) groups excluding carboxylic acids is 2. The molecule has 0 radical (unpaired) electrons. The first kappa shape index (κ1) is 46.5. The second-order valence-corrected chi connectivity index (χ2v) is 21.0. The van der Waals surface area contributed by atoms with Crippen LogP contribution in [0, 0.1) is 40.4 Å². The van der Waals surface area contributed by atoms with Gasteiger partial charge in [0.15, 0.2) is 17.3 Å². The van der Waals surface area contributed by atoms with Crippen molar-refractivity contribution >= 4 is 22.3 Å². The van der Waals surface area contributed by atoms with Crippen molar-refractivity contribution in [1.29, 1.82) is 0 Å². The van der Waals surface area contributed by atoms with Crippen LogP contribution in [0.2, 0.25) is 0 Å². The number of allylic oxidation sites excluding steroid dienone is 2. The molecular formula is C56H71N3O7. The van der Waals surface area contributed by atoms with Gasteiger partial charge in [0, 0.05) is 43.7 Å². The van der Waals surface area contributed by atoms with Crippen LogP contribution in [0.1, 0.15) is 138 Å². The number of phenols is 1. The fourth-order valence-electron chi connectivity index (χ4n) is 13.4. The van der Waals surface area contributed by atoms with E-state index in [0.717, 1.165) is 59.7 Å². The van der Waals surface area contributed by atoms with Gasteiger partial charge >= 0.3 is 0 Å². The number of dihydropyridines is 1. The summed E-state index contributed by atoms with van der Waals surface area (Å²) in [6.45, 7) is 3.67. The molecule has 0 amide bonds. The second kappa shape index (κ2) is 19.5. The number of ether oxygens (including phenoxy) is 1. The number of rotatable bonds is 12. The SMILES string of the molecule is CCC1=C([C@H](C[C@H](O)[C@H](O)C[C@H]2C#C[C@]3(CC[C@H](CC4([C@@H]5CN[C@@H]6CC(=O)CC[C@@H]6C5)CCCC4)C[C@H]3O)C(=O)CCc3cc(OC)c(O)cc32)c2ccc3ccccc3c2)C=C(N)NC1. The van der Waals surface area contributed by atoms with Crippen LogP contribution < -0.4 is 21.1 Å². The largest absolute Gasteiger partial charge is 0.504 e. The predicted octanol–water partition coefficient (Wildman–Crippen LogP) is 8.00. The van der Waals surface area contributed by atoms with E-state index >= 15 is 0 Å². The third-order valence-corrected chi connectivity index (χ3v) is 17.3. The van der Waals surface area contributed by atoms with Gasteiger partial charge in [0.1, 0.15) is 11.2 Å². The van der Waals surface area contributed by atoms with Crippen molar-refractivity contribution in [3.05, 3.63) is 94.3 Å². The summed E-state index contributed by atoms with van der Waals surface area (Å²) >= 11 is 0. The van der Waals surface area contributed by atoms with Crippen molar-refractivity contribution in [2.24, 2.45) is 34.3 Å². The van der Waals surface area contributed by atoms with Gasteiger partial charge in [0.2, 0.25) is 0 Å². The smallest absolute Gasteiger partial charge is 0.160 e. The Morgan fingerprint density at radius 2 is 1.76 bits per heavy atom. The summed E-state index contributed by atoms with van der Waals surface area (Å²) in [5.41, 5.74) is 10.0. The van der Waals surface area contributed by atoms with E-state index in [1.165, 1.54) is 44.8 Å². The summed E-state index contributed by atoms with van der Waals surface area (Å²) in [5.74, 6) is 8.38. The van der Waals surface area contributed by atoms with E-state index < -0.39 is 29.6 Å². The highest BCUT2D eigenvalue weighted by molar-refractivity contribution is 5.89. The van der Waals surface area contributed by atoms with Crippen molar-refractivity contribution in [2.75, 3.05) is 20.2 Å². The minimum Gasteiger partial charge on any atom is -0.504 e. The van der Waals surface area contributed by atoms with E-state index in [9.17, 15) is 30.0 Å². The highest BCUT2D eigenvalue weighted by Gasteiger charge is 2.51. The maximum atomic E-state index is 14.6. The Morgan fingerprint density at radius 1 is 0.955 bits per heavy atom. The number of nitrogens with two attached hydrogens (primary N) is 1. The summed E-state index contributed by atoms with van der Waals surface area (Å²) in [5, 5.41) is 56.9. The topological polar surface area (TPSA) is 174 Å². The monoisotopic (exact) mass is 898 g/mol. The van der Waals surface area contributed by atoms with Gasteiger partial charge < -0.3 is 41.5 Å². The van der Waals surface area contributed by atoms with Crippen LogP contribution in [0.3, 0.4) is 0 Å². The summed E-state index contributed by atoms with van der Waals surface area (Å²) in [6.07, 6.45) is 11.4. The lowest BCUT2D eigenvalue weighted by molar-refractivity contribution is -0.135. The number of phenolic OH excluding ortho intramolecular Hbond substituents is 1. The number of fused-ring (bicyclic) bond motifs is 3. The van der Waals surface area contributed by atoms with Crippen molar-refractivity contribution in [3.8, 4) is 23.3 Å². The van der Waals surface area contributed by atoms with E-state index in [0.29, 0.717) is 73.7 Å². The Bertz CT molecular complexity index is 2430. The van der Waals surface area contributed by atoms with Gasteiger partial charge in [-0.1, -0.05) is 74.1 Å². The highest BCUT2D eigenvalue weighted by Crippen LogP contribution is 2.55. The maximum Gasteiger partial charge on any atom is 0.160 e. The molecule has 0 unspecified atom stereocenters. The number of methoxy groups -OCH3 is 1. The van der Waals surface area contributed by atoms with E-state index in [2.05, 4.69) is 59.7 Å². The molecule has 6 aliphatic rings. The fourth-order valence-corrected chi connectivity index (χ4v) is 13.4. The lowest BCUT2D eigenvalue weighted by atomic mass is 9.58. The minimum atomic E-state index is -1.25. The van der Waals surface area contributed by atoms with Crippen LogP contribution in [0.15, 0.2) is 77.6 Å². The maximum absolute atomic E-state index is 14.6. The molecule has 0 bridgehead atoms. The highest BCUT2D eigenvalue weighted by atomic mass is 16.5. The zero-order valence-electron chi connectivity index (χ0n) is 39.0. The lowest BCUT2D eigenvalue weighted by Crippen LogP contribution is -2.53. The second-order valence-electron chi connectivity index (χ2n) is 21.0. The van der Waals surface area contributed by atoms with Crippen LogP contribution in [0.4, 0.5) is 0 Å². The van der Waals surface area contributed by atoms with Gasteiger partial charge in [-0.05, 0) is 164 Å². The van der Waals surface area contributed by atoms with Crippen LogP contribution in [-0.2, 0) is 16.0 Å². The van der Waals surface area contributed by atoms with Crippen molar-refractivity contribution in [1.82, 2.24) is 10.6 Å². The molecule has 3 aromatic rings. The molecule has 4 fully saturated rings. The molecule has 0 aromatic heterocycles. The van der Waals surface area contributed by atoms with Crippen LogP contribution in [0.5, 0.6) is 11.5 Å². The van der Waals surface area contributed by atoms with Crippen LogP contribution in [0.25, 0.3) is 10.8 Å². The molecule has 4 aliphatic carbocycles. The third kappa shape index (κ3) is 9.30.